The van der Waals surface area contributed by atoms with Crippen LogP contribution >= 0.6 is 0 Å². The monoisotopic (exact) mass is 812 g/mol. The number of hydroxylamine groups is 2. The average Bonchev–Trinajstić information content (AvgIpc) is 3.76. The van der Waals surface area contributed by atoms with E-state index >= 15 is 0 Å². The van der Waals surface area contributed by atoms with Crippen molar-refractivity contribution in [2.45, 2.75) is 84.6 Å². The molecule has 0 aliphatic heterocycles. The minimum absolute atomic E-state index is 0.0189. The normalized spacial score (nSPS) is 12.3. The van der Waals surface area contributed by atoms with Gasteiger partial charge in [-0.25, -0.2) is 9.86 Å². The van der Waals surface area contributed by atoms with E-state index in [-0.39, 0.29) is 55.7 Å². The highest BCUT2D eigenvalue weighted by molar-refractivity contribution is 6.00. The Kier molecular flexibility index (Phi) is 18.2. The minimum Gasteiger partial charge on any atom is -0.493 e. The number of esters is 2. The lowest BCUT2D eigenvalue weighted by atomic mass is 9.90. The molecule has 4 rings (SSSR count). The summed E-state index contributed by atoms with van der Waals surface area (Å²) in [6, 6.07) is 23.5. The van der Waals surface area contributed by atoms with Crippen molar-refractivity contribution < 1.29 is 52.6 Å². The highest BCUT2D eigenvalue weighted by Crippen LogP contribution is 2.29. The van der Waals surface area contributed by atoms with Crippen LogP contribution in [0.1, 0.15) is 91.3 Å². The summed E-state index contributed by atoms with van der Waals surface area (Å²) in [5, 5.41) is 18.4. The van der Waals surface area contributed by atoms with Gasteiger partial charge >= 0.3 is 11.9 Å². The molecule has 15 nitrogen and oxygen atoms in total. The van der Waals surface area contributed by atoms with Crippen molar-refractivity contribution in [3.05, 3.63) is 113 Å². The van der Waals surface area contributed by atoms with Crippen molar-refractivity contribution in [2.75, 3.05) is 13.3 Å². The number of nitrogens with one attached hydrogen (secondary N) is 3. The molecule has 0 bridgehead atoms. The molecule has 0 unspecified atom stereocenters. The molecule has 314 valence electrons. The third-order valence-electron chi connectivity index (χ3n) is 9.37. The molecule has 0 aliphatic carbocycles. The second-order valence-electron chi connectivity index (χ2n) is 13.6. The molecule has 3 atom stereocenters. The van der Waals surface area contributed by atoms with Crippen LogP contribution in [0.4, 0.5) is 0 Å². The summed E-state index contributed by atoms with van der Waals surface area (Å²) in [5.41, 5.74) is 1.99. The van der Waals surface area contributed by atoms with Gasteiger partial charge < -0.3 is 34.6 Å². The molecule has 0 spiro atoms. The van der Waals surface area contributed by atoms with Crippen LogP contribution in [0, 0.1) is 5.92 Å². The van der Waals surface area contributed by atoms with Gasteiger partial charge in [0.15, 0.2) is 5.76 Å². The number of carbonyl (C=O) groups excluding carboxylic acids is 6. The van der Waals surface area contributed by atoms with Crippen LogP contribution in [-0.4, -0.2) is 71.7 Å². The molecular formula is C44H52N4O11. The average molecular weight is 813 g/mol. The van der Waals surface area contributed by atoms with Crippen LogP contribution < -0.4 is 20.7 Å². The van der Waals surface area contributed by atoms with Gasteiger partial charge in [-0.2, -0.15) is 0 Å². The summed E-state index contributed by atoms with van der Waals surface area (Å²) >= 11 is 0. The van der Waals surface area contributed by atoms with Crippen LogP contribution in [0.25, 0.3) is 11.3 Å². The number of carbonyl (C=O) groups is 6. The molecule has 4 N–H and O–H groups in total. The van der Waals surface area contributed by atoms with E-state index in [9.17, 15) is 34.0 Å². The fourth-order valence-electron chi connectivity index (χ4n) is 6.25. The van der Waals surface area contributed by atoms with E-state index in [0.29, 0.717) is 23.5 Å². The number of rotatable bonds is 24. The number of ether oxygens (including phenoxy) is 3. The number of unbranched alkanes of at least 4 members (excludes halogenated alkanes) is 2. The van der Waals surface area contributed by atoms with Crippen LogP contribution in [0.5, 0.6) is 5.75 Å². The number of benzene rings is 3. The van der Waals surface area contributed by atoms with Crippen molar-refractivity contribution in [1.82, 2.24) is 21.0 Å². The first kappa shape index (κ1) is 45.2. The Morgan fingerprint density at radius 2 is 1.49 bits per heavy atom. The first-order valence-corrected chi connectivity index (χ1v) is 19.6. The lowest BCUT2D eigenvalue weighted by molar-refractivity contribution is -0.168. The SMILES string of the molecule is CCCCC[C@@H](C(=O)NCNC(=O)c1ccc(-c2ccc(C(=O)N[C@@H](CC(=O)OCc3ccccc3)C(=O)OCc3ccccc3)c(OCC)c2)o1)[C@@H](CC)N(O)C=O. The zero-order valence-corrected chi connectivity index (χ0v) is 33.5. The molecule has 59 heavy (non-hydrogen) atoms. The van der Waals surface area contributed by atoms with E-state index in [0.717, 1.165) is 30.4 Å². The fraction of sp³-hybridized carbons (Fsp3) is 0.364. The van der Waals surface area contributed by atoms with Gasteiger partial charge in [0, 0.05) is 5.56 Å². The van der Waals surface area contributed by atoms with Crippen molar-refractivity contribution in [2.24, 2.45) is 5.92 Å². The predicted molar refractivity (Wildman–Crippen MR) is 216 cm³/mol. The fourth-order valence-corrected chi connectivity index (χ4v) is 6.25. The van der Waals surface area contributed by atoms with Crippen LogP contribution in [-0.2, 0) is 41.9 Å². The molecule has 4 amide bonds. The number of furan rings is 1. The summed E-state index contributed by atoms with van der Waals surface area (Å²) in [7, 11) is 0. The Balaban J connectivity index is 1.43. The molecular weight excluding hydrogens is 761 g/mol. The van der Waals surface area contributed by atoms with Crippen molar-refractivity contribution in [1.29, 1.82) is 0 Å². The number of hydrogen-bond acceptors (Lipinski definition) is 11. The van der Waals surface area contributed by atoms with Gasteiger partial charge in [0.05, 0.1) is 37.2 Å². The predicted octanol–water partition coefficient (Wildman–Crippen LogP) is 5.95. The third kappa shape index (κ3) is 13.8. The third-order valence-corrected chi connectivity index (χ3v) is 9.37. The zero-order chi connectivity index (χ0) is 42.6. The maximum atomic E-state index is 13.7. The molecule has 1 aromatic heterocycles. The number of amides is 4. The second kappa shape index (κ2) is 23.7. The Labute approximate surface area is 343 Å². The van der Waals surface area contributed by atoms with Crippen LogP contribution in [0.3, 0.4) is 0 Å². The largest absolute Gasteiger partial charge is 0.493 e. The Hall–Kier alpha value is -6.48. The molecule has 0 saturated carbocycles. The zero-order valence-electron chi connectivity index (χ0n) is 33.5. The van der Waals surface area contributed by atoms with Crippen molar-refractivity contribution in [3.8, 4) is 17.1 Å². The van der Waals surface area contributed by atoms with E-state index in [4.69, 9.17) is 18.6 Å². The van der Waals surface area contributed by atoms with Gasteiger partial charge in [0.25, 0.3) is 11.8 Å². The molecule has 0 saturated heterocycles. The Bertz CT molecular complexity index is 1990. The van der Waals surface area contributed by atoms with Gasteiger partial charge in [0.2, 0.25) is 12.3 Å². The van der Waals surface area contributed by atoms with Crippen LogP contribution in [0.2, 0.25) is 0 Å². The van der Waals surface area contributed by atoms with E-state index in [2.05, 4.69) is 16.0 Å². The van der Waals surface area contributed by atoms with Crippen molar-refractivity contribution >= 4 is 36.1 Å². The van der Waals surface area contributed by atoms with Gasteiger partial charge in [0.1, 0.15) is 30.8 Å². The van der Waals surface area contributed by atoms with E-state index in [1.165, 1.54) is 12.1 Å². The molecule has 0 radical (unpaired) electrons. The summed E-state index contributed by atoms with van der Waals surface area (Å²) in [5.74, 6) is -3.62. The topological polar surface area (TPSA) is 203 Å². The van der Waals surface area contributed by atoms with Gasteiger partial charge in [-0.05, 0) is 55.2 Å². The summed E-state index contributed by atoms with van der Waals surface area (Å²) in [6.07, 6.45) is 3.14. The molecule has 0 fully saturated rings. The van der Waals surface area contributed by atoms with Crippen molar-refractivity contribution in [3.63, 3.8) is 0 Å². The standard InChI is InChI=1S/C44H52N4O11/c1-4-7-10-19-33(36(5-2)48(55)29-49)41(51)45-28-46-43(53)38-23-22-37(59-38)32-20-21-34(39(24-32)56-6-3)42(52)47-35(44(54)58-27-31-17-13-9-14-18-31)25-40(50)57-26-30-15-11-8-12-16-30/h8-9,11-18,20-24,29,33,35-36,55H,4-7,10,19,25-28H2,1-3H3,(H,45,51)(H,46,53)(H,47,52)/t33-,35+,36-/m1/s1. The van der Waals surface area contributed by atoms with E-state index < -0.39 is 54.1 Å². The Morgan fingerprint density at radius 3 is 2.12 bits per heavy atom. The Morgan fingerprint density at radius 1 is 0.814 bits per heavy atom. The lowest BCUT2D eigenvalue weighted by Crippen LogP contribution is -2.47. The molecule has 15 heteroatoms. The molecule has 4 aromatic rings. The summed E-state index contributed by atoms with van der Waals surface area (Å²) < 4.78 is 22.5. The van der Waals surface area contributed by atoms with Crippen LogP contribution in [0.15, 0.2) is 95.4 Å². The van der Waals surface area contributed by atoms with Gasteiger partial charge in [-0.3, -0.25) is 29.2 Å². The highest BCUT2D eigenvalue weighted by Gasteiger charge is 2.31. The molecule has 0 aliphatic rings. The van der Waals surface area contributed by atoms with E-state index in [1.54, 1.807) is 80.6 Å². The van der Waals surface area contributed by atoms with Gasteiger partial charge in [-0.1, -0.05) is 99.8 Å². The van der Waals surface area contributed by atoms with E-state index in [1.807, 2.05) is 19.1 Å². The second-order valence-corrected chi connectivity index (χ2v) is 13.6. The first-order valence-electron chi connectivity index (χ1n) is 19.6. The summed E-state index contributed by atoms with van der Waals surface area (Å²) in [4.78, 5) is 77.2. The quantitative estimate of drug-likeness (QED) is 0.0163. The minimum atomic E-state index is -1.39. The maximum absolute atomic E-state index is 13.7. The maximum Gasteiger partial charge on any atom is 0.329 e. The molecule has 1 heterocycles. The molecule has 3 aromatic carbocycles. The highest BCUT2D eigenvalue weighted by atomic mass is 16.5. The first-order chi connectivity index (χ1) is 28.6. The number of nitrogens with zero attached hydrogens (tertiary/aromatic N) is 1. The smallest absolute Gasteiger partial charge is 0.329 e. The lowest BCUT2D eigenvalue weighted by Gasteiger charge is -2.29. The summed E-state index contributed by atoms with van der Waals surface area (Å²) in [6.45, 7) is 5.38. The van der Waals surface area contributed by atoms with Gasteiger partial charge in [-0.15, -0.1) is 0 Å². The number of hydrogen-bond donors (Lipinski definition) is 4.